The minimum Gasteiger partial charge on any atom is -0.218 e. The first-order valence-corrected chi connectivity index (χ1v) is 6.20. The number of aromatic nitrogens is 3. The number of aryl methyl sites for hydroxylation is 1. The maximum absolute atomic E-state index is 8.90. The van der Waals surface area contributed by atoms with Gasteiger partial charge in [-0.05, 0) is 37.8 Å². The van der Waals surface area contributed by atoms with E-state index in [-0.39, 0.29) is 0 Å². The van der Waals surface area contributed by atoms with Crippen molar-refractivity contribution in [3.05, 3.63) is 40.3 Å². The van der Waals surface area contributed by atoms with Crippen LogP contribution in [0.3, 0.4) is 0 Å². The molecule has 2 aromatic rings. The van der Waals surface area contributed by atoms with Crippen LogP contribution >= 0.6 is 11.6 Å². The van der Waals surface area contributed by atoms with Gasteiger partial charge in [-0.15, -0.1) is 0 Å². The van der Waals surface area contributed by atoms with Crippen LogP contribution in [0, 0.1) is 18.3 Å². The highest BCUT2D eigenvalue weighted by molar-refractivity contribution is 6.29. The van der Waals surface area contributed by atoms with Crippen molar-refractivity contribution in [2.45, 2.75) is 25.7 Å². The van der Waals surface area contributed by atoms with E-state index in [0.717, 1.165) is 17.1 Å². The van der Waals surface area contributed by atoms with Gasteiger partial charge in [-0.3, -0.25) is 0 Å². The standard InChI is InChI=1S/C13H11ClN4/c1-8-6-10(7-15)17-18(8)13-11(9-2-3-9)4-5-12(14)16-13/h4-6,9H,2-3H2,1H3. The third-order valence-corrected chi connectivity index (χ3v) is 3.30. The molecule has 0 amide bonds. The second-order valence-electron chi connectivity index (χ2n) is 4.52. The van der Waals surface area contributed by atoms with E-state index in [9.17, 15) is 0 Å². The SMILES string of the molecule is Cc1cc(C#N)nn1-c1nc(Cl)ccc1C1CC1. The Morgan fingerprint density at radius 3 is 2.83 bits per heavy atom. The Kier molecular flexibility index (Phi) is 2.57. The number of halogens is 1. The van der Waals surface area contributed by atoms with Crippen molar-refractivity contribution >= 4 is 11.6 Å². The zero-order valence-corrected chi connectivity index (χ0v) is 10.6. The highest BCUT2D eigenvalue weighted by atomic mass is 35.5. The first-order valence-electron chi connectivity index (χ1n) is 5.82. The second-order valence-corrected chi connectivity index (χ2v) is 4.90. The lowest BCUT2D eigenvalue weighted by atomic mass is 10.1. The van der Waals surface area contributed by atoms with E-state index in [1.165, 1.54) is 12.8 Å². The molecular weight excluding hydrogens is 248 g/mol. The molecule has 0 spiro atoms. The molecule has 18 heavy (non-hydrogen) atoms. The molecule has 1 aliphatic carbocycles. The third-order valence-electron chi connectivity index (χ3n) is 3.09. The molecule has 2 aromatic heterocycles. The van der Waals surface area contributed by atoms with Gasteiger partial charge in [0.15, 0.2) is 11.5 Å². The molecule has 0 atom stereocenters. The Morgan fingerprint density at radius 1 is 1.44 bits per heavy atom. The van der Waals surface area contributed by atoms with Crippen LogP contribution < -0.4 is 0 Å². The van der Waals surface area contributed by atoms with E-state index in [4.69, 9.17) is 16.9 Å². The summed E-state index contributed by atoms with van der Waals surface area (Å²) in [4.78, 5) is 4.37. The summed E-state index contributed by atoms with van der Waals surface area (Å²) in [5.74, 6) is 1.31. The Balaban J connectivity index is 2.17. The number of rotatable bonds is 2. The van der Waals surface area contributed by atoms with E-state index < -0.39 is 0 Å². The van der Waals surface area contributed by atoms with Gasteiger partial charge in [0, 0.05) is 11.3 Å². The third kappa shape index (κ3) is 1.87. The summed E-state index contributed by atoms with van der Waals surface area (Å²) >= 11 is 5.97. The topological polar surface area (TPSA) is 54.5 Å². The predicted octanol–water partition coefficient (Wildman–Crippen LogP) is 2.98. The Hall–Kier alpha value is -1.86. The summed E-state index contributed by atoms with van der Waals surface area (Å²) in [5.41, 5.74) is 2.45. The molecule has 0 saturated heterocycles. The minimum atomic E-state index is 0.399. The van der Waals surface area contributed by atoms with Crippen molar-refractivity contribution in [3.8, 4) is 11.9 Å². The number of nitrogens with zero attached hydrogens (tertiary/aromatic N) is 4. The summed E-state index contributed by atoms with van der Waals surface area (Å²) in [5, 5.41) is 13.6. The van der Waals surface area contributed by atoms with Gasteiger partial charge in [-0.1, -0.05) is 17.7 Å². The van der Waals surface area contributed by atoms with Gasteiger partial charge in [0.05, 0.1) is 0 Å². The lowest BCUT2D eigenvalue weighted by Crippen LogP contribution is -2.06. The molecule has 90 valence electrons. The van der Waals surface area contributed by atoms with Crippen molar-refractivity contribution < 1.29 is 0 Å². The number of nitriles is 1. The van der Waals surface area contributed by atoms with E-state index in [1.807, 2.05) is 25.1 Å². The van der Waals surface area contributed by atoms with Crippen LogP contribution in [0.25, 0.3) is 5.82 Å². The van der Waals surface area contributed by atoms with Crippen LogP contribution in [0.1, 0.15) is 35.7 Å². The molecule has 0 aromatic carbocycles. The summed E-state index contributed by atoms with van der Waals surface area (Å²) in [6.45, 7) is 1.91. The summed E-state index contributed by atoms with van der Waals surface area (Å²) < 4.78 is 1.71. The van der Waals surface area contributed by atoms with Crippen LogP contribution in [0.2, 0.25) is 5.15 Å². The van der Waals surface area contributed by atoms with Crippen molar-refractivity contribution in [2.75, 3.05) is 0 Å². The van der Waals surface area contributed by atoms with Crippen LogP contribution in [-0.2, 0) is 0 Å². The number of pyridine rings is 1. The summed E-state index contributed by atoms with van der Waals surface area (Å²) in [7, 11) is 0. The van der Waals surface area contributed by atoms with Gasteiger partial charge in [0.1, 0.15) is 11.2 Å². The highest BCUT2D eigenvalue weighted by Crippen LogP contribution is 2.42. The molecule has 2 heterocycles. The molecule has 0 aliphatic heterocycles. The van der Waals surface area contributed by atoms with Crippen molar-refractivity contribution in [3.63, 3.8) is 0 Å². The van der Waals surface area contributed by atoms with Crippen LogP contribution in [-0.4, -0.2) is 14.8 Å². The van der Waals surface area contributed by atoms with E-state index >= 15 is 0 Å². The molecule has 5 heteroatoms. The Morgan fingerprint density at radius 2 is 2.22 bits per heavy atom. The summed E-state index contributed by atoms with van der Waals surface area (Å²) in [6.07, 6.45) is 2.36. The average molecular weight is 259 g/mol. The zero-order chi connectivity index (χ0) is 12.7. The fourth-order valence-corrected chi connectivity index (χ4v) is 2.21. The van der Waals surface area contributed by atoms with Crippen LogP contribution in [0.5, 0.6) is 0 Å². The molecule has 4 nitrogen and oxygen atoms in total. The van der Waals surface area contributed by atoms with E-state index in [2.05, 4.69) is 10.1 Å². The molecular formula is C13H11ClN4. The maximum Gasteiger partial charge on any atom is 0.163 e. The normalized spacial score (nSPS) is 14.5. The zero-order valence-electron chi connectivity index (χ0n) is 9.89. The van der Waals surface area contributed by atoms with Gasteiger partial charge < -0.3 is 0 Å². The molecule has 0 radical (unpaired) electrons. The second kappa shape index (κ2) is 4.11. The lowest BCUT2D eigenvalue weighted by molar-refractivity contribution is 0.796. The van der Waals surface area contributed by atoms with Crippen LogP contribution in [0.15, 0.2) is 18.2 Å². The highest BCUT2D eigenvalue weighted by Gasteiger charge is 2.28. The number of hydrogen-bond acceptors (Lipinski definition) is 3. The summed E-state index contributed by atoms with van der Waals surface area (Å²) in [6, 6.07) is 7.61. The molecule has 0 N–H and O–H groups in total. The predicted molar refractivity (Wildman–Crippen MR) is 67.8 cm³/mol. The molecule has 1 fully saturated rings. The van der Waals surface area contributed by atoms with Crippen molar-refractivity contribution in [1.82, 2.24) is 14.8 Å². The molecule has 3 rings (SSSR count). The van der Waals surface area contributed by atoms with Gasteiger partial charge in [0.2, 0.25) is 0 Å². The first-order chi connectivity index (χ1) is 8.69. The van der Waals surface area contributed by atoms with E-state index in [1.54, 1.807) is 10.7 Å². The first kappa shape index (κ1) is 11.2. The Bertz CT molecular complexity index is 649. The van der Waals surface area contributed by atoms with Crippen LogP contribution in [0.4, 0.5) is 0 Å². The van der Waals surface area contributed by atoms with Crippen molar-refractivity contribution in [2.24, 2.45) is 0 Å². The molecule has 0 unspecified atom stereocenters. The maximum atomic E-state index is 8.90. The smallest absolute Gasteiger partial charge is 0.163 e. The fourth-order valence-electron chi connectivity index (χ4n) is 2.06. The Labute approximate surface area is 110 Å². The average Bonchev–Trinajstić information content (AvgIpc) is 3.12. The fraction of sp³-hybridized carbons (Fsp3) is 0.308. The van der Waals surface area contributed by atoms with Gasteiger partial charge in [0.25, 0.3) is 0 Å². The lowest BCUT2D eigenvalue weighted by Gasteiger charge is -2.09. The van der Waals surface area contributed by atoms with Gasteiger partial charge in [-0.25, -0.2) is 9.67 Å². The monoisotopic (exact) mass is 258 g/mol. The van der Waals surface area contributed by atoms with Gasteiger partial charge >= 0.3 is 0 Å². The molecule has 1 aliphatic rings. The van der Waals surface area contributed by atoms with Crippen molar-refractivity contribution in [1.29, 1.82) is 5.26 Å². The van der Waals surface area contributed by atoms with Gasteiger partial charge in [-0.2, -0.15) is 10.4 Å². The number of hydrogen-bond donors (Lipinski definition) is 0. The van der Waals surface area contributed by atoms with E-state index in [0.29, 0.717) is 16.8 Å². The quantitative estimate of drug-likeness (QED) is 0.778. The molecule has 0 bridgehead atoms. The minimum absolute atomic E-state index is 0.399. The largest absolute Gasteiger partial charge is 0.218 e. The molecule has 1 saturated carbocycles.